The Morgan fingerprint density at radius 2 is 1.91 bits per heavy atom. The first kappa shape index (κ1) is 26.0. The van der Waals surface area contributed by atoms with Crippen LogP contribution in [0.4, 0.5) is 24.0 Å². The van der Waals surface area contributed by atoms with E-state index in [0.29, 0.717) is 29.2 Å². The standard InChI is InChI=1S/C24H28F3N3O2S2/c1-3-4-5-6-7-8-12-32-18-10-9-15(14-17(18)24(2,26)27)29-23-30-19(21(25)34-23)16-11-13-33-20(16)22(28)31/h9-11,13-14H,3-8,12H2,1-2H3,(H2,28,31)(H,29,30). The second-order valence-corrected chi connectivity index (χ2v) is 9.87. The fourth-order valence-electron chi connectivity index (χ4n) is 3.47. The van der Waals surface area contributed by atoms with Gasteiger partial charge >= 0.3 is 0 Å². The molecule has 2 aromatic heterocycles. The Labute approximate surface area is 205 Å². The average molecular weight is 512 g/mol. The molecule has 10 heteroatoms. The van der Waals surface area contributed by atoms with E-state index in [9.17, 15) is 18.0 Å². The van der Waals surface area contributed by atoms with E-state index < -0.39 is 17.0 Å². The van der Waals surface area contributed by atoms with Gasteiger partial charge in [-0.3, -0.25) is 4.79 Å². The lowest BCUT2D eigenvalue weighted by Crippen LogP contribution is -2.11. The molecule has 5 nitrogen and oxygen atoms in total. The Bertz CT molecular complexity index is 1110. The van der Waals surface area contributed by atoms with E-state index in [1.165, 1.54) is 31.4 Å². The monoisotopic (exact) mass is 511 g/mol. The maximum Gasteiger partial charge on any atom is 0.274 e. The van der Waals surface area contributed by atoms with Crippen molar-refractivity contribution in [2.45, 2.75) is 58.3 Å². The summed E-state index contributed by atoms with van der Waals surface area (Å²) < 4.78 is 48.8. The third-order valence-corrected chi connectivity index (χ3v) is 6.88. The van der Waals surface area contributed by atoms with E-state index in [-0.39, 0.29) is 27.0 Å². The lowest BCUT2D eigenvalue weighted by atomic mass is 10.1. The molecule has 0 aliphatic carbocycles. The molecule has 0 bridgehead atoms. The van der Waals surface area contributed by atoms with Gasteiger partial charge in [-0.05, 0) is 36.1 Å². The smallest absolute Gasteiger partial charge is 0.274 e. The minimum absolute atomic E-state index is 0.0116. The van der Waals surface area contributed by atoms with Crippen LogP contribution in [-0.2, 0) is 5.92 Å². The molecule has 3 N–H and O–H groups in total. The number of alkyl halides is 2. The summed E-state index contributed by atoms with van der Waals surface area (Å²) in [4.78, 5) is 16.0. The molecule has 0 atom stereocenters. The molecule has 34 heavy (non-hydrogen) atoms. The molecule has 3 aromatic rings. The van der Waals surface area contributed by atoms with Gasteiger partial charge in [-0.1, -0.05) is 50.4 Å². The Morgan fingerprint density at radius 3 is 2.62 bits per heavy atom. The van der Waals surface area contributed by atoms with Gasteiger partial charge in [0, 0.05) is 18.2 Å². The molecule has 0 spiro atoms. The topological polar surface area (TPSA) is 77.2 Å². The molecular formula is C24H28F3N3O2S2. The SMILES string of the molecule is CCCCCCCCOc1ccc(Nc2nc(-c3ccsc3C(N)=O)c(F)s2)cc1C(C)(F)F. The Kier molecular flexibility index (Phi) is 8.96. The zero-order chi connectivity index (χ0) is 24.7. The lowest BCUT2D eigenvalue weighted by Gasteiger charge is -2.18. The fraction of sp³-hybridized carbons (Fsp3) is 0.417. The second-order valence-electron chi connectivity index (χ2n) is 8.01. The summed E-state index contributed by atoms with van der Waals surface area (Å²) >= 11 is 1.81. The predicted molar refractivity (Wildman–Crippen MR) is 132 cm³/mol. The van der Waals surface area contributed by atoms with Crippen LogP contribution in [0.15, 0.2) is 29.6 Å². The van der Waals surface area contributed by atoms with Crippen LogP contribution in [0.5, 0.6) is 5.75 Å². The molecule has 0 aliphatic heterocycles. The predicted octanol–water partition coefficient (Wildman–Crippen LogP) is 7.70. The van der Waals surface area contributed by atoms with Crippen LogP contribution >= 0.6 is 22.7 Å². The number of hydrogen-bond donors (Lipinski definition) is 2. The number of thiazole rings is 1. The maximum absolute atomic E-state index is 14.6. The minimum Gasteiger partial charge on any atom is -0.493 e. The molecule has 0 aliphatic rings. The lowest BCUT2D eigenvalue weighted by molar-refractivity contribution is 0.0145. The van der Waals surface area contributed by atoms with Crippen LogP contribution in [0.1, 0.15) is 67.6 Å². The Morgan fingerprint density at radius 1 is 1.18 bits per heavy atom. The number of anilines is 2. The summed E-state index contributed by atoms with van der Waals surface area (Å²) in [6, 6.07) is 5.93. The van der Waals surface area contributed by atoms with E-state index in [2.05, 4.69) is 17.2 Å². The zero-order valence-electron chi connectivity index (χ0n) is 19.1. The number of benzene rings is 1. The molecule has 184 valence electrons. The molecule has 0 saturated carbocycles. The van der Waals surface area contributed by atoms with E-state index in [1.54, 1.807) is 17.5 Å². The molecule has 0 fully saturated rings. The molecule has 0 unspecified atom stereocenters. The number of nitrogens with zero attached hydrogens (tertiary/aromatic N) is 1. The molecular weight excluding hydrogens is 483 g/mol. The average Bonchev–Trinajstić information content (AvgIpc) is 3.39. The highest BCUT2D eigenvalue weighted by Crippen LogP contribution is 2.39. The summed E-state index contributed by atoms with van der Waals surface area (Å²) in [6.45, 7) is 3.33. The summed E-state index contributed by atoms with van der Waals surface area (Å²) in [6.07, 6.45) is 6.45. The Balaban J connectivity index is 1.72. The number of carbonyl (C=O) groups excluding carboxylic acids is 1. The van der Waals surface area contributed by atoms with Crippen LogP contribution in [0, 0.1) is 5.13 Å². The van der Waals surface area contributed by atoms with Crippen LogP contribution < -0.4 is 15.8 Å². The largest absolute Gasteiger partial charge is 0.493 e. The van der Waals surface area contributed by atoms with Gasteiger partial charge in [0.05, 0.1) is 12.2 Å². The number of amides is 1. The minimum atomic E-state index is -3.12. The van der Waals surface area contributed by atoms with Gasteiger partial charge in [-0.15, -0.1) is 11.3 Å². The van der Waals surface area contributed by atoms with Crippen LogP contribution in [0.25, 0.3) is 11.3 Å². The molecule has 3 rings (SSSR count). The van der Waals surface area contributed by atoms with Crippen LogP contribution in [-0.4, -0.2) is 17.5 Å². The summed E-state index contributed by atoms with van der Waals surface area (Å²) in [5, 5.41) is 4.06. The van der Waals surface area contributed by atoms with Crippen molar-refractivity contribution in [3.8, 4) is 17.0 Å². The number of aromatic nitrogens is 1. The first-order chi connectivity index (χ1) is 16.2. The van der Waals surface area contributed by atoms with E-state index in [4.69, 9.17) is 10.5 Å². The van der Waals surface area contributed by atoms with E-state index in [1.807, 2.05) is 0 Å². The highest BCUT2D eigenvalue weighted by Gasteiger charge is 2.29. The molecule has 2 heterocycles. The highest BCUT2D eigenvalue weighted by atomic mass is 32.1. The third-order valence-electron chi connectivity index (χ3n) is 5.19. The summed E-state index contributed by atoms with van der Waals surface area (Å²) in [5.74, 6) is -3.67. The number of nitrogens with two attached hydrogens (primary N) is 1. The number of halogens is 3. The van der Waals surface area contributed by atoms with E-state index >= 15 is 0 Å². The van der Waals surface area contributed by atoms with Gasteiger partial charge in [0.1, 0.15) is 16.3 Å². The summed E-state index contributed by atoms with van der Waals surface area (Å²) in [7, 11) is 0. The highest BCUT2D eigenvalue weighted by molar-refractivity contribution is 7.14. The number of carbonyl (C=O) groups is 1. The van der Waals surface area contributed by atoms with Gasteiger partial charge in [-0.25, -0.2) is 13.8 Å². The van der Waals surface area contributed by atoms with E-state index in [0.717, 1.165) is 37.5 Å². The normalized spacial score (nSPS) is 11.6. The second kappa shape index (κ2) is 11.7. The maximum atomic E-state index is 14.6. The number of hydrogen-bond acceptors (Lipinski definition) is 6. The number of nitrogens with one attached hydrogen (secondary N) is 1. The van der Waals surface area contributed by atoms with Crippen molar-refractivity contribution in [3.05, 3.63) is 45.2 Å². The van der Waals surface area contributed by atoms with Crippen molar-refractivity contribution in [2.24, 2.45) is 5.73 Å². The van der Waals surface area contributed by atoms with Gasteiger partial charge in [0.15, 0.2) is 5.13 Å². The van der Waals surface area contributed by atoms with Gasteiger partial charge in [0.25, 0.3) is 11.8 Å². The summed E-state index contributed by atoms with van der Waals surface area (Å²) in [5.41, 5.74) is 5.71. The zero-order valence-corrected chi connectivity index (χ0v) is 20.8. The number of rotatable bonds is 13. The Hall–Kier alpha value is -2.59. The van der Waals surface area contributed by atoms with Crippen molar-refractivity contribution < 1.29 is 22.7 Å². The number of primary amides is 1. The molecule has 1 amide bonds. The van der Waals surface area contributed by atoms with Crippen molar-refractivity contribution >= 4 is 39.4 Å². The van der Waals surface area contributed by atoms with Crippen LogP contribution in [0.3, 0.4) is 0 Å². The van der Waals surface area contributed by atoms with Crippen molar-refractivity contribution in [3.63, 3.8) is 0 Å². The fourth-order valence-corrected chi connectivity index (χ4v) is 4.95. The van der Waals surface area contributed by atoms with Gasteiger partial charge in [-0.2, -0.15) is 4.39 Å². The molecule has 0 radical (unpaired) electrons. The van der Waals surface area contributed by atoms with Crippen molar-refractivity contribution in [1.82, 2.24) is 4.98 Å². The van der Waals surface area contributed by atoms with Crippen molar-refractivity contribution in [2.75, 3.05) is 11.9 Å². The first-order valence-electron chi connectivity index (χ1n) is 11.2. The number of thiophene rings is 1. The van der Waals surface area contributed by atoms with Gasteiger partial charge < -0.3 is 15.8 Å². The quantitative estimate of drug-likeness (QED) is 0.231. The molecule has 0 saturated heterocycles. The van der Waals surface area contributed by atoms with Gasteiger partial charge in [0.2, 0.25) is 5.13 Å². The number of unbranched alkanes of at least 4 members (excludes halogenated alkanes) is 5. The third kappa shape index (κ3) is 6.73. The van der Waals surface area contributed by atoms with Crippen LogP contribution in [0.2, 0.25) is 0 Å². The van der Waals surface area contributed by atoms with Crippen molar-refractivity contribution in [1.29, 1.82) is 0 Å². The molecule has 1 aromatic carbocycles. The first-order valence-corrected chi connectivity index (χ1v) is 12.9. The number of ether oxygens (including phenoxy) is 1.